The molecule has 0 spiro atoms. The lowest BCUT2D eigenvalue weighted by molar-refractivity contribution is -0.117. The first-order chi connectivity index (χ1) is 18.9. The average Bonchev–Trinajstić information content (AvgIpc) is 3.40. The Morgan fingerprint density at radius 2 is 1.87 bits per heavy atom. The van der Waals surface area contributed by atoms with Crippen LogP contribution in [-0.4, -0.2) is 22.4 Å². The predicted molar refractivity (Wildman–Crippen MR) is 148 cm³/mol. The minimum absolute atomic E-state index is 0.268. The van der Waals surface area contributed by atoms with Crippen LogP contribution in [0.1, 0.15) is 17.7 Å². The van der Waals surface area contributed by atoms with E-state index in [1.54, 1.807) is 24.3 Å². The Balaban J connectivity index is 1.30. The number of furan rings is 1. The molecule has 0 aliphatic carbocycles. The summed E-state index contributed by atoms with van der Waals surface area (Å²) in [6.45, 7) is 1.24. The minimum Gasteiger partial charge on any atom is -0.487 e. The van der Waals surface area contributed by atoms with Gasteiger partial charge < -0.3 is 25.5 Å². The molecule has 0 fully saturated rings. The number of amides is 1. The normalized spacial score (nSPS) is 11.0. The Bertz CT molecular complexity index is 1610. The van der Waals surface area contributed by atoms with Gasteiger partial charge in [-0.1, -0.05) is 23.7 Å². The van der Waals surface area contributed by atoms with Gasteiger partial charge in [0, 0.05) is 29.6 Å². The number of primary amides is 1. The van der Waals surface area contributed by atoms with Crippen LogP contribution in [0.4, 0.5) is 15.9 Å². The van der Waals surface area contributed by atoms with Crippen LogP contribution in [0.2, 0.25) is 5.02 Å². The lowest BCUT2D eigenvalue weighted by Gasteiger charge is -2.12. The number of anilines is 2. The van der Waals surface area contributed by atoms with Crippen molar-refractivity contribution in [3.8, 4) is 17.1 Å². The average molecular weight is 546 g/mol. The van der Waals surface area contributed by atoms with E-state index in [1.807, 2.05) is 36.4 Å². The summed E-state index contributed by atoms with van der Waals surface area (Å²) in [6.07, 6.45) is 1.76. The molecule has 0 unspecified atom stereocenters. The van der Waals surface area contributed by atoms with Crippen molar-refractivity contribution in [3.05, 3.63) is 101 Å². The van der Waals surface area contributed by atoms with Gasteiger partial charge in [-0.3, -0.25) is 4.79 Å². The van der Waals surface area contributed by atoms with Gasteiger partial charge in [-0.05, 0) is 66.2 Å². The molecule has 0 aliphatic heterocycles. The van der Waals surface area contributed by atoms with Gasteiger partial charge in [0.25, 0.3) is 0 Å². The fourth-order valence-corrected chi connectivity index (χ4v) is 4.17. The summed E-state index contributed by atoms with van der Waals surface area (Å²) in [5.74, 6) is 1.92. The molecule has 0 saturated heterocycles. The third-order valence-electron chi connectivity index (χ3n) is 5.93. The molecule has 5 rings (SSSR count). The van der Waals surface area contributed by atoms with E-state index in [-0.39, 0.29) is 24.8 Å². The van der Waals surface area contributed by atoms with E-state index in [0.717, 1.165) is 33.5 Å². The van der Waals surface area contributed by atoms with Crippen LogP contribution in [0.3, 0.4) is 0 Å². The summed E-state index contributed by atoms with van der Waals surface area (Å²) < 4.78 is 24.9. The van der Waals surface area contributed by atoms with E-state index < -0.39 is 0 Å². The quantitative estimate of drug-likeness (QED) is 0.175. The number of carbonyl (C=O) groups excluding carboxylic acids is 1. The lowest BCUT2D eigenvalue weighted by Crippen LogP contribution is -2.21. The van der Waals surface area contributed by atoms with Crippen molar-refractivity contribution in [2.45, 2.75) is 19.6 Å². The molecule has 3 aromatic carbocycles. The Morgan fingerprint density at radius 1 is 1.03 bits per heavy atom. The highest BCUT2D eigenvalue weighted by Gasteiger charge is 2.11. The molecule has 0 bridgehead atoms. The van der Waals surface area contributed by atoms with Gasteiger partial charge in [0.15, 0.2) is 0 Å². The molecule has 2 heterocycles. The molecule has 5 aromatic rings. The van der Waals surface area contributed by atoms with Crippen molar-refractivity contribution in [3.63, 3.8) is 0 Å². The Kier molecular flexibility index (Phi) is 8.00. The standard InChI is InChI=1S/C29H25ClFN5O3/c30-24-14-21(6-9-27(24)38-16-18-1-4-20(31)5-2-18)36-29-23-13-19(3-8-25(23)34-17-35-29)26-10-7-22(39-26)15-33-12-11-28(32)37/h1-10,13-14,17,33H,11-12,15-16H2,(H2,32,37)(H,34,35,36). The molecule has 198 valence electrons. The number of benzene rings is 3. The van der Waals surface area contributed by atoms with Crippen molar-refractivity contribution in [1.29, 1.82) is 0 Å². The molecule has 39 heavy (non-hydrogen) atoms. The van der Waals surface area contributed by atoms with Crippen molar-refractivity contribution in [1.82, 2.24) is 15.3 Å². The zero-order valence-corrected chi connectivity index (χ0v) is 21.5. The van der Waals surface area contributed by atoms with E-state index in [1.165, 1.54) is 18.5 Å². The van der Waals surface area contributed by atoms with Crippen LogP contribution in [-0.2, 0) is 17.9 Å². The van der Waals surface area contributed by atoms with E-state index in [4.69, 9.17) is 26.5 Å². The Morgan fingerprint density at radius 3 is 2.67 bits per heavy atom. The molecular formula is C29H25ClFN5O3. The molecule has 0 aliphatic rings. The van der Waals surface area contributed by atoms with Gasteiger partial charge >= 0.3 is 0 Å². The lowest BCUT2D eigenvalue weighted by atomic mass is 10.1. The molecule has 8 nitrogen and oxygen atoms in total. The predicted octanol–water partition coefficient (Wildman–Crippen LogP) is 5.97. The molecule has 0 atom stereocenters. The highest BCUT2D eigenvalue weighted by Crippen LogP contribution is 2.32. The van der Waals surface area contributed by atoms with Crippen LogP contribution in [0.5, 0.6) is 5.75 Å². The maximum Gasteiger partial charge on any atom is 0.218 e. The number of hydrogen-bond donors (Lipinski definition) is 3. The van der Waals surface area contributed by atoms with Gasteiger partial charge in [0.2, 0.25) is 5.91 Å². The highest BCUT2D eigenvalue weighted by atomic mass is 35.5. The first-order valence-electron chi connectivity index (χ1n) is 12.2. The SMILES string of the molecule is NC(=O)CCNCc1ccc(-c2ccc3ncnc(Nc4ccc(OCc5ccc(F)cc5)c(Cl)c4)c3c2)o1. The molecule has 10 heteroatoms. The maximum atomic E-state index is 13.1. The third kappa shape index (κ3) is 6.70. The number of hydrogen-bond acceptors (Lipinski definition) is 7. The van der Waals surface area contributed by atoms with Crippen LogP contribution in [0, 0.1) is 5.82 Å². The molecular weight excluding hydrogens is 521 g/mol. The fourth-order valence-electron chi connectivity index (χ4n) is 3.93. The molecule has 0 saturated carbocycles. The minimum atomic E-state index is -0.348. The largest absolute Gasteiger partial charge is 0.487 e. The molecule has 4 N–H and O–H groups in total. The smallest absolute Gasteiger partial charge is 0.218 e. The van der Waals surface area contributed by atoms with Crippen LogP contribution in [0.15, 0.2) is 83.5 Å². The second-order valence-corrected chi connectivity index (χ2v) is 9.21. The fraction of sp³-hybridized carbons (Fsp3) is 0.138. The number of nitrogens with two attached hydrogens (primary N) is 1. The summed E-state index contributed by atoms with van der Waals surface area (Å²) in [6, 6.07) is 21.1. The number of rotatable bonds is 11. The van der Waals surface area contributed by atoms with Gasteiger partial charge in [0.05, 0.1) is 17.1 Å². The zero-order chi connectivity index (χ0) is 27.2. The zero-order valence-electron chi connectivity index (χ0n) is 20.8. The first kappa shape index (κ1) is 26.1. The molecule has 1 amide bonds. The Hall–Kier alpha value is -4.47. The van der Waals surface area contributed by atoms with Crippen molar-refractivity contribution < 1.29 is 18.3 Å². The second kappa shape index (κ2) is 11.9. The molecule has 2 aromatic heterocycles. The van der Waals surface area contributed by atoms with Crippen molar-refractivity contribution >= 4 is 39.9 Å². The van der Waals surface area contributed by atoms with Crippen molar-refractivity contribution in [2.75, 3.05) is 11.9 Å². The highest BCUT2D eigenvalue weighted by molar-refractivity contribution is 6.32. The maximum absolute atomic E-state index is 13.1. The first-order valence-corrected chi connectivity index (χ1v) is 12.6. The summed E-state index contributed by atoms with van der Waals surface area (Å²) in [5.41, 5.74) is 8.36. The number of fused-ring (bicyclic) bond motifs is 1. The van der Waals surface area contributed by atoms with Crippen molar-refractivity contribution in [2.24, 2.45) is 5.73 Å². The number of nitrogens with one attached hydrogen (secondary N) is 2. The van der Waals surface area contributed by atoms with Gasteiger partial charge in [0.1, 0.15) is 41.8 Å². The molecule has 0 radical (unpaired) electrons. The summed E-state index contributed by atoms with van der Waals surface area (Å²) in [5, 5.41) is 7.67. The van der Waals surface area contributed by atoms with Crippen LogP contribution < -0.4 is 21.1 Å². The van der Waals surface area contributed by atoms with Gasteiger partial charge in [-0.2, -0.15) is 0 Å². The number of carbonyl (C=O) groups is 1. The monoisotopic (exact) mass is 545 g/mol. The third-order valence-corrected chi connectivity index (χ3v) is 6.23. The summed E-state index contributed by atoms with van der Waals surface area (Å²) in [7, 11) is 0. The second-order valence-electron chi connectivity index (χ2n) is 8.80. The van der Waals surface area contributed by atoms with E-state index in [0.29, 0.717) is 35.4 Å². The van der Waals surface area contributed by atoms with Crippen LogP contribution in [0.25, 0.3) is 22.2 Å². The van der Waals surface area contributed by atoms with E-state index in [9.17, 15) is 9.18 Å². The Labute approximate surface area is 229 Å². The van der Waals surface area contributed by atoms with Gasteiger partial charge in [-0.15, -0.1) is 0 Å². The number of ether oxygens (including phenoxy) is 1. The summed E-state index contributed by atoms with van der Waals surface area (Å²) >= 11 is 6.48. The number of nitrogens with zero attached hydrogens (tertiary/aromatic N) is 2. The summed E-state index contributed by atoms with van der Waals surface area (Å²) in [4.78, 5) is 19.7. The number of halogens is 2. The van der Waals surface area contributed by atoms with Crippen LogP contribution >= 0.6 is 11.6 Å². The van der Waals surface area contributed by atoms with Gasteiger partial charge in [-0.25, -0.2) is 14.4 Å². The number of aromatic nitrogens is 2. The van der Waals surface area contributed by atoms with E-state index in [2.05, 4.69) is 20.6 Å². The van der Waals surface area contributed by atoms with E-state index >= 15 is 0 Å². The topological polar surface area (TPSA) is 115 Å².